The molecule has 4 N–H and O–H groups in total. The van der Waals surface area contributed by atoms with Gasteiger partial charge in [-0.3, -0.25) is 18.9 Å². The van der Waals surface area contributed by atoms with Crippen molar-refractivity contribution in [2.75, 3.05) is 13.2 Å². The molecule has 0 unspecified atom stereocenters. The lowest BCUT2D eigenvalue weighted by Gasteiger charge is -2.19. The van der Waals surface area contributed by atoms with E-state index in [4.69, 9.17) is 19.3 Å². The van der Waals surface area contributed by atoms with Gasteiger partial charge in [-0.1, -0.05) is 141 Å². The molecule has 1 aliphatic carbocycles. The first-order chi connectivity index (χ1) is 26.5. The molecule has 1 fully saturated rings. The van der Waals surface area contributed by atoms with Crippen LogP contribution in [0.2, 0.25) is 0 Å². The van der Waals surface area contributed by atoms with Gasteiger partial charge in [0, 0.05) is 31.1 Å². The van der Waals surface area contributed by atoms with Crippen molar-refractivity contribution in [3.8, 4) is 0 Å². The van der Waals surface area contributed by atoms with E-state index in [0.717, 1.165) is 57.8 Å². The summed E-state index contributed by atoms with van der Waals surface area (Å²) >= 11 is 0. The number of carbonyl (C=O) groups excluding carboxylic acids is 3. The summed E-state index contributed by atoms with van der Waals surface area (Å²) in [6.45, 7) is 3.39. The molecule has 0 aromatic rings. The summed E-state index contributed by atoms with van der Waals surface area (Å²) in [5.74, 6) is -1.60. The van der Waals surface area contributed by atoms with Crippen LogP contribution in [0.1, 0.15) is 187 Å². The summed E-state index contributed by atoms with van der Waals surface area (Å²) in [5.41, 5.74) is 0. The number of rotatable bonds is 36. The van der Waals surface area contributed by atoms with Gasteiger partial charge in [-0.25, -0.2) is 4.57 Å². The molecular formula is C43H77O11P. The lowest BCUT2D eigenvalue weighted by Crippen LogP contribution is -2.29. The van der Waals surface area contributed by atoms with Gasteiger partial charge in [0.1, 0.15) is 12.4 Å². The summed E-state index contributed by atoms with van der Waals surface area (Å²) in [7, 11) is -4.82. The molecule has 11 nitrogen and oxygen atoms in total. The molecule has 0 radical (unpaired) electrons. The molecular weight excluding hydrogens is 723 g/mol. The molecule has 55 heavy (non-hydrogen) atoms. The van der Waals surface area contributed by atoms with E-state index >= 15 is 0 Å². The summed E-state index contributed by atoms with van der Waals surface area (Å²) in [6, 6.07) is 0. The minimum atomic E-state index is -4.82. The second-order valence-corrected chi connectivity index (χ2v) is 16.7. The second-order valence-electron chi connectivity index (χ2n) is 15.4. The first-order valence-electron chi connectivity index (χ1n) is 21.7. The van der Waals surface area contributed by atoms with Crippen LogP contribution in [0.15, 0.2) is 24.3 Å². The summed E-state index contributed by atoms with van der Waals surface area (Å²) < 4.78 is 26.4. The fourth-order valence-electron chi connectivity index (χ4n) is 7.03. The van der Waals surface area contributed by atoms with Crippen LogP contribution < -0.4 is 0 Å². The van der Waals surface area contributed by atoms with Crippen LogP contribution >= 0.6 is 7.82 Å². The van der Waals surface area contributed by atoms with E-state index in [0.29, 0.717) is 32.1 Å². The number of unbranched alkanes of at least 4 members (excludes halogenated alkanes) is 18. The smallest absolute Gasteiger partial charge is 0.462 e. The predicted molar refractivity (Wildman–Crippen MR) is 217 cm³/mol. The van der Waals surface area contributed by atoms with Crippen molar-refractivity contribution in [2.45, 2.75) is 206 Å². The third-order valence-electron chi connectivity index (χ3n) is 10.3. The Morgan fingerprint density at radius 2 is 1.27 bits per heavy atom. The number of ketones is 1. The number of phosphoric ester groups is 1. The lowest BCUT2D eigenvalue weighted by molar-refractivity contribution is -0.161. The SMILES string of the molecule is CCCCCCCC/C=C\CCCCCCCCCC(=O)OC[C@H](COP(=O)(O)O)OC(=O)CCCCCC[C@H]1C(=O)C[C@@H](O)[C@@H]1/C=C/[C@@H](O)CCCCC. The maximum atomic E-state index is 12.5. The molecule has 1 aliphatic rings. The zero-order valence-corrected chi connectivity index (χ0v) is 35.2. The molecule has 0 aromatic carbocycles. The van der Waals surface area contributed by atoms with Gasteiger partial charge in [-0.2, -0.15) is 0 Å². The van der Waals surface area contributed by atoms with E-state index in [1.54, 1.807) is 12.2 Å². The third-order valence-corrected chi connectivity index (χ3v) is 10.8. The van der Waals surface area contributed by atoms with Gasteiger partial charge >= 0.3 is 19.8 Å². The summed E-state index contributed by atoms with van der Waals surface area (Å²) in [6.07, 6.45) is 30.8. The highest BCUT2D eigenvalue weighted by atomic mass is 31.2. The number of hydrogen-bond acceptors (Lipinski definition) is 9. The van der Waals surface area contributed by atoms with Crippen LogP contribution in [0, 0.1) is 11.8 Å². The highest BCUT2D eigenvalue weighted by molar-refractivity contribution is 7.46. The van der Waals surface area contributed by atoms with Crippen molar-refractivity contribution in [2.24, 2.45) is 11.8 Å². The number of allylic oxidation sites excluding steroid dienone is 2. The predicted octanol–water partition coefficient (Wildman–Crippen LogP) is 9.77. The Kier molecular flexibility index (Phi) is 30.8. The topological polar surface area (TPSA) is 177 Å². The molecule has 1 saturated carbocycles. The molecule has 0 saturated heterocycles. The van der Waals surface area contributed by atoms with Gasteiger partial charge < -0.3 is 29.5 Å². The Bertz CT molecular complexity index is 1100. The van der Waals surface area contributed by atoms with Crippen molar-refractivity contribution >= 4 is 25.5 Å². The minimum absolute atomic E-state index is 0.0360. The Balaban J connectivity index is 2.24. The fourth-order valence-corrected chi connectivity index (χ4v) is 7.39. The summed E-state index contributed by atoms with van der Waals surface area (Å²) in [4.78, 5) is 55.6. The number of esters is 2. The van der Waals surface area contributed by atoms with Crippen molar-refractivity contribution in [1.82, 2.24) is 0 Å². The van der Waals surface area contributed by atoms with Crippen LogP contribution in [0.3, 0.4) is 0 Å². The van der Waals surface area contributed by atoms with E-state index in [2.05, 4.69) is 30.5 Å². The molecule has 0 spiro atoms. The van der Waals surface area contributed by atoms with Gasteiger partial charge in [-0.05, 0) is 51.4 Å². The number of ether oxygens (including phenoxy) is 2. The summed E-state index contributed by atoms with van der Waals surface area (Å²) in [5, 5.41) is 20.6. The Morgan fingerprint density at radius 3 is 1.87 bits per heavy atom. The van der Waals surface area contributed by atoms with Crippen molar-refractivity contribution < 1.29 is 52.9 Å². The van der Waals surface area contributed by atoms with Crippen LogP contribution in [0.5, 0.6) is 0 Å². The van der Waals surface area contributed by atoms with Gasteiger partial charge in [0.25, 0.3) is 0 Å². The highest BCUT2D eigenvalue weighted by Gasteiger charge is 2.39. The molecule has 12 heteroatoms. The van der Waals surface area contributed by atoms with E-state index in [9.17, 15) is 29.2 Å². The quantitative estimate of drug-likeness (QED) is 0.0205. The highest BCUT2D eigenvalue weighted by Crippen LogP contribution is 2.36. The third kappa shape index (κ3) is 29.1. The largest absolute Gasteiger partial charge is 0.469 e. The maximum Gasteiger partial charge on any atom is 0.469 e. The monoisotopic (exact) mass is 801 g/mol. The van der Waals surface area contributed by atoms with Gasteiger partial charge in [-0.15, -0.1) is 0 Å². The van der Waals surface area contributed by atoms with E-state index in [-0.39, 0.29) is 43.5 Å². The van der Waals surface area contributed by atoms with Gasteiger partial charge in [0.05, 0.1) is 18.8 Å². The van der Waals surface area contributed by atoms with Crippen LogP contribution in [0.4, 0.5) is 0 Å². The van der Waals surface area contributed by atoms with Crippen molar-refractivity contribution in [3.63, 3.8) is 0 Å². The number of Topliss-reactive ketones (excluding diaryl/α,β-unsaturated/α-hetero) is 1. The molecule has 0 aromatic heterocycles. The van der Waals surface area contributed by atoms with Crippen LogP contribution in [-0.2, 0) is 32.9 Å². The fraction of sp³-hybridized carbons (Fsp3) is 0.837. The normalized spacial score (nSPS) is 18.7. The molecule has 5 atom stereocenters. The number of carbonyl (C=O) groups is 3. The zero-order valence-electron chi connectivity index (χ0n) is 34.3. The average Bonchev–Trinajstić information content (AvgIpc) is 3.41. The number of aliphatic hydroxyl groups is 2. The van der Waals surface area contributed by atoms with Gasteiger partial charge in [0.2, 0.25) is 0 Å². The van der Waals surface area contributed by atoms with Crippen molar-refractivity contribution in [1.29, 1.82) is 0 Å². The Labute approximate surface area is 332 Å². The second kappa shape index (κ2) is 33.1. The molecule has 320 valence electrons. The zero-order chi connectivity index (χ0) is 40.6. The molecule has 1 rings (SSSR count). The van der Waals surface area contributed by atoms with E-state index < -0.39 is 44.7 Å². The molecule has 0 amide bonds. The average molecular weight is 801 g/mol. The Morgan fingerprint density at radius 1 is 0.745 bits per heavy atom. The maximum absolute atomic E-state index is 12.5. The number of aliphatic hydroxyl groups excluding tert-OH is 2. The number of phosphoric acid groups is 1. The lowest BCUT2D eigenvalue weighted by atomic mass is 9.88. The van der Waals surface area contributed by atoms with Gasteiger partial charge in [0.15, 0.2) is 6.10 Å². The Hall–Kier alpha value is -1.88. The first-order valence-corrected chi connectivity index (χ1v) is 23.3. The molecule has 0 heterocycles. The minimum Gasteiger partial charge on any atom is -0.462 e. The van der Waals surface area contributed by atoms with E-state index in [1.165, 1.54) is 64.2 Å². The molecule has 0 aliphatic heterocycles. The van der Waals surface area contributed by atoms with E-state index in [1.807, 2.05) is 0 Å². The van der Waals surface area contributed by atoms with Crippen molar-refractivity contribution in [3.05, 3.63) is 24.3 Å². The standard InChI is InChI=1S/C43H77O11P/c1-3-5-7-8-9-10-11-12-13-14-15-16-17-18-19-20-25-29-42(47)52-34-37(35-53-55(49,50)51)54-43(48)30-26-22-21-24-28-38-39(41(46)33-40(38)45)32-31-36(44)27-23-6-4-2/h12-13,31-32,36-39,41,44,46H,3-11,14-30,33-35H2,1-2H3,(H2,49,50,51)/b13-12-,32-31+/t36-,37+,38+,39+,41+/m0/s1. The molecule has 0 bridgehead atoms. The van der Waals surface area contributed by atoms with Crippen LogP contribution in [0.25, 0.3) is 0 Å². The number of hydrogen-bond donors (Lipinski definition) is 4. The van der Waals surface area contributed by atoms with Crippen LogP contribution in [-0.4, -0.2) is 69.2 Å². The first kappa shape index (κ1) is 51.1.